The van der Waals surface area contributed by atoms with Crippen molar-refractivity contribution in [1.29, 1.82) is 0 Å². The van der Waals surface area contributed by atoms with E-state index >= 15 is 0 Å². The molecule has 3 N–H and O–H groups in total. The predicted octanol–water partition coefficient (Wildman–Crippen LogP) is 3.07. The van der Waals surface area contributed by atoms with Crippen LogP contribution in [0.1, 0.15) is 5.56 Å². The molecule has 4 rings (SSSR count). The lowest BCUT2D eigenvalue weighted by Gasteiger charge is -2.11. The topological polar surface area (TPSA) is 90.8 Å². The molecule has 0 radical (unpaired) electrons. The summed E-state index contributed by atoms with van der Waals surface area (Å²) in [7, 11) is 0. The highest BCUT2D eigenvalue weighted by Gasteiger charge is 2.20. The second-order valence-electron chi connectivity index (χ2n) is 6.06. The molecule has 8 heteroatoms. The highest BCUT2D eigenvalue weighted by atomic mass is 32.2. The third-order valence-electron chi connectivity index (χ3n) is 4.20. The Labute approximate surface area is 159 Å². The van der Waals surface area contributed by atoms with Crippen molar-refractivity contribution >= 4 is 34.4 Å². The molecule has 27 heavy (non-hydrogen) atoms. The zero-order chi connectivity index (χ0) is 19.0. The van der Waals surface area contributed by atoms with Crippen LogP contribution >= 0.6 is 11.8 Å². The van der Waals surface area contributed by atoms with E-state index in [1.165, 1.54) is 11.8 Å². The molecule has 136 valence electrons. The van der Waals surface area contributed by atoms with Crippen molar-refractivity contribution < 1.29 is 0 Å². The predicted molar refractivity (Wildman–Crippen MR) is 110 cm³/mol. The van der Waals surface area contributed by atoms with Crippen molar-refractivity contribution in [2.75, 3.05) is 17.4 Å². The number of fused-ring (bicyclic) bond motifs is 1. The monoisotopic (exact) mass is 378 g/mol. The summed E-state index contributed by atoms with van der Waals surface area (Å²) in [5, 5.41) is 8.67. The number of benzene rings is 2. The second-order valence-corrected chi connectivity index (χ2v) is 6.85. The Morgan fingerprint density at radius 3 is 2.44 bits per heavy atom. The van der Waals surface area contributed by atoms with E-state index in [0.717, 1.165) is 21.6 Å². The largest absolute Gasteiger partial charge is 0.333 e. The molecule has 0 atom stereocenters. The Morgan fingerprint density at radius 1 is 1.07 bits per heavy atom. The zero-order valence-electron chi connectivity index (χ0n) is 14.9. The first kappa shape index (κ1) is 17.2. The molecule has 2 aromatic heterocycles. The van der Waals surface area contributed by atoms with Crippen LogP contribution in [0.4, 0.5) is 11.6 Å². The van der Waals surface area contributed by atoms with E-state index < -0.39 is 0 Å². The first-order valence-corrected chi connectivity index (χ1v) is 9.55. The summed E-state index contributed by atoms with van der Waals surface area (Å²) in [6.07, 6.45) is 1.87. The highest BCUT2D eigenvalue weighted by Crippen LogP contribution is 2.25. The van der Waals surface area contributed by atoms with Crippen molar-refractivity contribution in [2.24, 2.45) is 0 Å². The number of nitrogens with one attached hydrogen (secondary N) is 1. The van der Waals surface area contributed by atoms with Crippen LogP contribution in [0.3, 0.4) is 0 Å². The van der Waals surface area contributed by atoms with E-state index in [9.17, 15) is 4.79 Å². The van der Waals surface area contributed by atoms with Crippen LogP contribution in [0, 0.1) is 6.92 Å². The normalized spacial score (nSPS) is 11.0. The quantitative estimate of drug-likeness (QED) is 0.419. The van der Waals surface area contributed by atoms with E-state index in [1.54, 1.807) is 4.68 Å². The number of nitrogens with two attached hydrogens (primary N) is 1. The van der Waals surface area contributed by atoms with E-state index in [4.69, 9.17) is 5.84 Å². The number of nitrogens with zero attached hydrogens (tertiary/aromatic N) is 4. The SMILES string of the molecule is CSc1nn(-c2ccccc2)c2nc(Nc3ccc(C)cc3)n(N)c(=O)c12. The maximum atomic E-state index is 12.9. The van der Waals surface area contributed by atoms with Crippen molar-refractivity contribution in [1.82, 2.24) is 19.4 Å². The molecule has 0 fully saturated rings. The summed E-state index contributed by atoms with van der Waals surface area (Å²) in [4.78, 5) is 17.5. The number of hydrogen-bond acceptors (Lipinski definition) is 6. The van der Waals surface area contributed by atoms with Gasteiger partial charge in [-0.05, 0) is 37.4 Å². The standard InChI is InChI=1S/C19H18N6OS/c1-12-8-10-13(11-9-12)21-19-22-16-15(18(26)24(19)20)17(27-2)23-25(16)14-6-4-3-5-7-14/h3-11H,20H2,1-2H3,(H,21,22). The van der Waals surface area contributed by atoms with Gasteiger partial charge >= 0.3 is 0 Å². The van der Waals surface area contributed by atoms with Crippen LogP contribution in [0.25, 0.3) is 16.7 Å². The molecule has 2 heterocycles. The first-order valence-electron chi connectivity index (χ1n) is 8.32. The third-order valence-corrected chi connectivity index (χ3v) is 4.88. The zero-order valence-corrected chi connectivity index (χ0v) is 15.7. The van der Waals surface area contributed by atoms with Gasteiger partial charge in [-0.15, -0.1) is 11.8 Å². The van der Waals surface area contributed by atoms with Crippen LogP contribution in [-0.4, -0.2) is 25.7 Å². The summed E-state index contributed by atoms with van der Waals surface area (Å²) >= 11 is 1.39. The molecule has 0 spiro atoms. The Bertz CT molecular complexity index is 1160. The highest BCUT2D eigenvalue weighted by molar-refractivity contribution is 7.98. The summed E-state index contributed by atoms with van der Waals surface area (Å²) < 4.78 is 2.70. The van der Waals surface area contributed by atoms with Crippen LogP contribution in [0.5, 0.6) is 0 Å². The molecular formula is C19H18N6OS. The number of aromatic nitrogens is 4. The lowest BCUT2D eigenvalue weighted by Crippen LogP contribution is -2.30. The van der Waals surface area contributed by atoms with Crippen molar-refractivity contribution in [2.45, 2.75) is 11.9 Å². The number of rotatable bonds is 4. The van der Waals surface area contributed by atoms with Crippen LogP contribution in [0.15, 0.2) is 64.4 Å². The van der Waals surface area contributed by atoms with Crippen molar-refractivity contribution in [3.8, 4) is 5.69 Å². The number of aryl methyl sites for hydroxylation is 1. The van der Waals surface area contributed by atoms with Gasteiger partial charge in [-0.3, -0.25) is 4.79 Å². The number of para-hydroxylation sites is 1. The van der Waals surface area contributed by atoms with Crippen LogP contribution < -0.4 is 16.7 Å². The van der Waals surface area contributed by atoms with E-state index in [1.807, 2.05) is 67.8 Å². The molecule has 2 aromatic carbocycles. The minimum atomic E-state index is -0.346. The van der Waals surface area contributed by atoms with Gasteiger partial charge < -0.3 is 11.2 Å². The number of thioether (sulfide) groups is 1. The molecule has 0 amide bonds. The summed E-state index contributed by atoms with van der Waals surface area (Å²) in [6, 6.07) is 17.4. The molecule has 7 nitrogen and oxygen atoms in total. The average Bonchev–Trinajstić information content (AvgIpc) is 3.07. The maximum Gasteiger partial charge on any atom is 0.285 e. The van der Waals surface area contributed by atoms with Gasteiger partial charge in [0.05, 0.1) is 5.69 Å². The first-order chi connectivity index (χ1) is 13.1. The van der Waals surface area contributed by atoms with Crippen molar-refractivity contribution in [3.63, 3.8) is 0 Å². The molecule has 0 aliphatic carbocycles. The van der Waals surface area contributed by atoms with Crippen molar-refractivity contribution in [3.05, 3.63) is 70.5 Å². The van der Waals surface area contributed by atoms with Gasteiger partial charge in [0.25, 0.3) is 5.56 Å². The van der Waals surface area contributed by atoms with Gasteiger partial charge in [0.15, 0.2) is 5.65 Å². The Kier molecular flexibility index (Phi) is 4.33. The molecule has 0 saturated carbocycles. The van der Waals surface area contributed by atoms with Gasteiger partial charge in [-0.25, -0.2) is 4.68 Å². The molecule has 0 saturated heterocycles. The minimum Gasteiger partial charge on any atom is -0.333 e. The number of nitrogen functional groups attached to an aromatic ring is 1. The van der Waals surface area contributed by atoms with E-state index in [-0.39, 0.29) is 11.5 Å². The van der Waals surface area contributed by atoms with Gasteiger partial charge in [0.1, 0.15) is 10.4 Å². The van der Waals surface area contributed by atoms with Gasteiger partial charge in [-0.1, -0.05) is 35.9 Å². The molecule has 0 unspecified atom stereocenters. The fourth-order valence-corrected chi connectivity index (χ4v) is 3.34. The molecule has 0 aliphatic rings. The fourth-order valence-electron chi connectivity index (χ4n) is 2.80. The van der Waals surface area contributed by atoms with Gasteiger partial charge in [-0.2, -0.15) is 14.8 Å². The van der Waals surface area contributed by atoms with E-state index in [0.29, 0.717) is 16.1 Å². The molecular weight excluding hydrogens is 360 g/mol. The Hall–Kier alpha value is -3.26. The number of hydrogen-bond donors (Lipinski definition) is 2. The van der Waals surface area contributed by atoms with Gasteiger partial charge in [0.2, 0.25) is 5.95 Å². The maximum absolute atomic E-state index is 12.9. The third kappa shape index (κ3) is 3.04. The molecule has 0 aliphatic heterocycles. The molecule has 0 bridgehead atoms. The Morgan fingerprint density at radius 2 is 1.78 bits per heavy atom. The second kappa shape index (κ2) is 6.81. The molecule has 4 aromatic rings. The smallest absolute Gasteiger partial charge is 0.285 e. The van der Waals surface area contributed by atoms with Crippen LogP contribution in [-0.2, 0) is 0 Å². The number of anilines is 2. The van der Waals surface area contributed by atoms with E-state index in [2.05, 4.69) is 15.4 Å². The Balaban J connectivity index is 1.93. The fraction of sp³-hybridized carbons (Fsp3) is 0.105. The lowest BCUT2D eigenvalue weighted by molar-refractivity contribution is 0.849. The summed E-state index contributed by atoms with van der Waals surface area (Å²) in [6.45, 7) is 2.01. The summed E-state index contributed by atoms with van der Waals surface area (Å²) in [5.74, 6) is 6.28. The summed E-state index contributed by atoms with van der Waals surface area (Å²) in [5.41, 5.74) is 2.88. The van der Waals surface area contributed by atoms with Gasteiger partial charge in [0, 0.05) is 5.69 Å². The van der Waals surface area contributed by atoms with Crippen LogP contribution in [0.2, 0.25) is 0 Å². The lowest BCUT2D eigenvalue weighted by atomic mass is 10.2. The minimum absolute atomic E-state index is 0.251. The average molecular weight is 378 g/mol.